The molecule has 0 aliphatic carbocycles. The lowest BCUT2D eigenvalue weighted by molar-refractivity contribution is 0.0693. The standard InChI is InChI=1S/C15H21BrN2O4Si/c1-21-11-6-5-10(15(19)20)13-12(11)14(16)17-18(13)9-22-7-8-23(2,3)4/h5-6H,7-9H2,1-4H3,(H,19,20). The Labute approximate surface area is 144 Å². The van der Waals surface area contributed by atoms with Gasteiger partial charge < -0.3 is 14.6 Å². The summed E-state index contributed by atoms with van der Waals surface area (Å²) in [6.07, 6.45) is 0. The maximum absolute atomic E-state index is 11.5. The summed E-state index contributed by atoms with van der Waals surface area (Å²) < 4.78 is 13.1. The van der Waals surface area contributed by atoms with Gasteiger partial charge in [0.2, 0.25) is 0 Å². The van der Waals surface area contributed by atoms with Crippen LogP contribution in [-0.2, 0) is 11.5 Å². The maximum atomic E-state index is 11.5. The van der Waals surface area contributed by atoms with Crippen LogP contribution in [0.2, 0.25) is 25.7 Å². The van der Waals surface area contributed by atoms with Crippen LogP contribution >= 0.6 is 15.9 Å². The summed E-state index contributed by atoms with van der Waals surface area (Å²) in [5, 5.41) is 14.4. The van der Waals surface area contributed by atoms with Crippen LogP contribution in [0.4, 0.5) is 0 Å². The van der Waals surface area contributed by atoms with Crippen molar-refractivity contribution in [3.63, 3.8) is 0 Å². The van der Waals surface area contributed by atoms with Crippen molar-refractivity contribution in [2.75, 3.05) is 13.7 Å². The van der Waals surface area contributed by atoms with E-state index in [1.54, 1.807) is 17.9 Å². The highest BCUT2D eigenvalue weighted by molar-refractivity contribution is 9.10. The number of rotatable bonds is 7. The number of hydrogen-bond donors (Lipinski definition) is 1. The first kappa shape index (κ1) is 18.0. The van der Waals surface area contributed by atoms with Crippen LogP contribution in [0.3, 0.4) is 0 Å². The maximum Gasteiger partial charge on any atom is 0.337 e. The predicted octanol–water partition coefficient (Wildman–Crippen LogP) is 3.82. The number of nitrogens with zero attached hydrogens (tertiary/aromatic N) is 2. The number of carboxylic acids is 1. The Kier molecular flexibility index (Phi) is 5.48. The Bertz CT molecular complexity index is 724. The zero-order valence-electron chi connectivity index (χ0n) is 13.7. The van der Waals surface area contributed by atoms with E-state index in [9.17, 15) is 9.90 Å². The first-order valence-corrected chi connectivity index (χ1v) is 11.8. The third-order valence-corrected chi connectivity index (χ3v) is 5.73. The zero-order chi connectivity index (χ0) is 17.2. The average Bonchev–Trinajstić information content (AvgIpc) is 2.79. The topological polar surface area (TPSA) is 73.6 Å². The summed E-state index contributed by atoms with van der Waals surface area (Å²) in [6.45, 7) is 7.69. The fourth-order valence-corrected chi connectivity index (χ4v) is 3.54. The molecule has 0 bridgehead atoms. The minimum absolute atomic E-state index is 0.174. The second-order valence-electron chi connectivity index (χ2n) is 6.48. The lowest BCUT2D eigenvalue weighted by atomic mass is 10.1. The predicted molar refractivity (Wildman–Crippen MR) is 95.0 cm³/mol. The summed E-state index contributed by atoms with van der Waals surface area (Å²) in [4.78, 5) is 11.5. The SMILES string of the molecule is COc1ccc(C(=O)O)c2c1c(Br)nn2COCC[Si](C)(C)C. The van der Waals surface area contributed by atoms with Crippen molar-refractivity contribution in [1.82, 2.24) is 9.78 Å². The number of aromatic nitrogens is 2. The van der Waals surface area contributed by atoms with Crippen molar-refractivity contribution in [3.8, 4) is 5.75 Å². The van der Waals surface area contributed by atoms with E-state index in [1.807, 2.05) is 0 Å². The second kappa shape index (κ2) is 7.02. The molecule has 1 heterocycles. The van der Waals surface area contributed by atoms with E-state index in [4.69, 9.17) is 9.47 Å². The van der Waals surface area contributed by atoms with Gasteiger partial charge in [-0.15, -0.1) is 0 Å². The summed E-state index contributed by atoms with van der Waals surface area (Å²) in [6, 6.07) is 4.20. The number of ether oxygens (including phenoxy) is 2. The Hall–Kier alpha value is -1.38. The van der Waals surface area contributed by atoms with E-state index >= 15 is 0 Å². The molecule has 8 heteroatoms. The molecule has 0 atom stereocenters. The lowest BCUT2D eigenvalue weighted by Crippen LogP contribution is -2.22. The molecule has 0 aliphatic rings. The normalized spacial score (nSPS) is 11.9. The average molecular weight is 401 g/mol. The molecule has 1 N–H and O–H groups in total. The minimum Gasteiger partial charge on any atom is -0.496 e. The van der Waals surface area contributed by atoms with E-state index in [0.29, 0.717) is 27.9 Å². The Morgan fingerprint density at radius 2 is 2.09 bits per heavy atom. The molecule has 0 amide bonds. The van der Waals surface area contributed by atoms with Gasteiger partial charge >= 0.3 is 5.97 Å². The summed E-state index contributed by atoms with van der Waals surface area (Å²) in [5.41, 5.74) is 0.671. The highest BCUT2D eigenvalue weighted by atomic mass is 79.9. The van der Waals surface area contributed by atoms with Gasteiger partial charge in [-0.2, -0.15) is 5.10 Å². The molecule has 0 fully saturated rings. The smallest absolute Gasteiger partial charge is 0.337 e. The number of benzene rings is 1. The number of halogens is 1. The van der Waals surface area contributed by atoms with E-state index in [0.717, 1.165) is 6.04 Å². The highest BCUT2D eigenvalue weighted by Gasteiger charge is 2.21. The van der Waals surface area contributed by atoms with Crippen LogP contribution in [0.1, 0.15) is 10.4 Å². The first-order chi connectivity index (χ1) is 10.7. The van der Waals surface area contributed by atoms with E-state index in [1.165, 1.54) is 6.07 Å². The van der Waals surface area contributed by atoms with Crippen molar-refractivity contribution < 1.29 is 19.4 Å². The molecule has 0 spiro atoms. The van der Waals surface area contributed by atoms with Gasteiger partial charge in [0.25, 0.3) is 0 Å². The van der Waals surface area contributed by atoms with Gasteiger partial charge in [0.05, 0.1) is 23.6 Å². The van der Waals surface area contributed by atoms with Gasteiger partial charge in [-0.25, -0.2) is 9.48 Å². The number of aromatic carboxylic acids is 1. The van der Waals surface area contributed by atoms with Crippen molar-refractivity contribution in [2.45, 2.75) is 32.4 Å². The highest BCUT2D eigenvalue weighted by Crippen LogP contribution is 2.34. The lowest BCUT2D eigenvalue weighted by Gasteiger charge is -2.15. The molecule has 0 saturated carbocycles. The monoisotopic (exact) mass is 400 g/mol. The molecule has 0 saturated heterocycles. The number of methoxy groups -OCH3 is 1. The fourth-order valence-electron chi connectivity index (χ4n) is 2.21. The van der Waals surface area contributed by atoms with Crippen molar-refractivity contribution in [1.29, 1.82) is 0 Å². The van der Waals surface area contributed by atoms with Crippen molar-refractivity contribution in [2.24, 2.45) is 0 Å². The molecule has 126 valence electrons. The van der Waals surface area contributed by atoms with Crippen LogP contribution in [0.5, 0.6) is 5.75 Å². The van der Waals surface area contributed by atoms with Crippen LogP contribution in [0.25, 0.3) is 10.9 Å². The Morgan fingerprint density at radius 3 is 2.65 bits per heavy atom. The van der Waals surface area contributed by atoms with Gasteiger partial charge in [0.15, 0.2) is 0 Å². The number of hydrogen-bond acceptors (Lipinski definition) is 4. The van der Waals surface area contributed by atoms with E-state index in [2.05, 4.69) is 40.7 Å². The molecule has 1 aromatic carbocycles. The molecule has 1 aromatic heterocycles. The van der Waals surface area contributed by atoms with Crippen LogP contribution in [0.15, 0.2) is 16.7 Å². The third kappa shape index (κ3) is 4.13. The quantitative estimate of drug-likeness (QED) is 0.564. The number of fused-ring (bicyclic) bond motifs is 1. The van der Waals surface area contributed by atoms with Crippen molar-refractivity contribution in [3.05, 3.63) is 22.3 Å². The van der Waals surface area contributed by atoms with Gasteiger partial charge in [-0.3, -0.25) is 0 Å². The third-order valence-electron chi connectivity index (χ3n) is 3.47. The molecule has 2 aromatic rings. The number of carbonyl (C=O) groups is 1. The van der Waals surface area contributed by atoms with Gasteiger partial charge in [0.1, 0.15) is 17.1 Å². The van der Waals surface area contributed by atoms with Crippen LogP contribution in [-0.4, -0.2) is 42.6 Å². The van der Waals surface area contributed by atoms with Crippen molar-refractivity contribution >= 4 is 40.9 Å². The zero-order valence-corrected chi connectivity index (χ0v) is 16.3. The van der Waals surface area contributed by atoms with E-state index < -0.39 is 14.0 Å². The van der Waals surface area contributed by atoms with Crippen LogP contribution in [0, 0.1) is 0 Å². The molecule has 0 radical (unpaired) electrons. The minimum atomic E-state index is -1.17. The molecule has 0 aliphatic heterocycles. The molecule has 23 heavy (non-hydrogen) atoms. The van der Waals surface area contributed by atoms with Gasteiger partial charge in [-0.05, 0) is 34.1 Å². The molecular formula is C15H21BrN2O4Si. The Morgan fingerprint density at radius 1 is 1.39 bits per heavy atom. The summed E-state index contributed by atoms with van der Waals surface area (Å²) in [7, 11) is 0.380. The van der Waals surface area contributed by atoms with Crippen LogP contribution < -0.4 is 4.74 Å². The first-order valence-electron chi connectivity index (χ1n) is 7.28. The van der Waals surface area contributed by atoms with Gasteiger partial charge in [-0.1, -0.05) is 19.6 Å². The molecule has 2 rings (SSSR count). The molecular weight excluding hydrogens is 380 g/mol. The number of carboxylic acid groups (broad SMARTS) is 1. The van der Waals surface area contributed by atoms with Gasteiger partial charge in [0, 0.05) is 14.7 Å². The fraction of sp³-hybridized carbons (Fsp3) is 0.467. The largest absolute Gasteiger partial charge is 0.496 e. The second-order valence-corrected chi connectivity index (χ2v) is 12.9. The Balaban J connectivity index is 2.35. The summed E-state index contributed by atoms with van der Waals surface area (Å²) >= 11 is 3.38. The van der Waals surface area contributed by atoms with E-state index in [-0.39, 0.29) is 12.3 Å². The summed E-state index contributed by atoms with van der Waals surface area (Å²) in [5.74, 6) is -0.432. The molecule has 0 unspecified atom stereocenters. The molecule has 6 nitrogen and oxygen atoms in total.